The average molecular weight is 277 g/mol. The number of nitrogens with zero attached hydrogens (tertiary/aromatic N) is 2. The van der Waals surface area contributed by atoms with E-state index in [1.165, 1.54) is 12.0 Å². The van der Waals surface area contributed by atoms with Gasteiger partial charge >= 0.3 is 0 Å². The van der Waals surface area contributed by atoms with Gasteiger partial charge in [0.1, 0.15) is 0 Å². The summed E-state index contributed by atoms with van der Waals surface area (Å²) in [5.74, 6) is 0. The van der Waals surface area contributed by atoms with Crippen LogP contribution in [0.1, 0.15) is 46.6 Å². The summed E-state index contributed by atoms with van der Waals surface area (Å²) in [5, 5.41) is 3.71. The zero-order valence-electron chi connectivity index (χ0n) is 13.8. The predicted molar refractivity (Wildman–Crippen MR) is 86.7 cm³/mol. The van der Waals surface area contributed by atoms with Crippen molar-refractivity contribution in [3.8, 4) is 0 Å². The van der Waals surface area contributed by atoms with Gasteiger partial charge in [0, 0.05) is 31.5 Å². The highest BCUT2D eigenvalue weighted by Crippen LogP contribution is 2.21. The van der Waals surface area contributed by atoms with Crippen LogP contribution in [-0.4, -0.2) is 35.6 Å². The highest BCUT2D eigenvalue weighted by molar-refractivity contribution is 5.09. The second kappa shape index (κ2) is 8.38. The Morgan fingerprint density at radius 1 is 1.20 bits per heavy atom. The lowest BCUT2D eigenvalue weighted by atomic mass is 9.86. The Morgan fingerprint density at radius 2 is 1.85 bits per heavy atom. The van der Waals surface area contributed by atoms with Gasteiger partial charge in [0.05, 0.1) is 0 Å². The van der Waals surface area contributed by atoms with Crippen LogP contribution in [0.4, 0.5) is 0 Å². The van der Waals surface area contributed by atoms with Gasteiger partial charge in [-0.3, -0.25) is 9.88 Å². The number of nitrogens with one attached hydrogen (secondary N) is 1. The van der Waals surface area contributed by atoms with E-state index in [-0.39, 0.29) is 5.41 Å². The van der Waals surface area contributed by atoms with Gasteiger partial charge in [-0.2, -0.15) is 0 Å². The number of pyridine rings is 1. The number of rotatable bonds is 8. The standard InChI is InChI=1S/C17H31N3/c1-6-10-19-16(17(3,4)5)14-20(7-2)13-15-8-11-18-12-9-15/h8-9,11-12,16,19H,6-7,10,13-14H2,1-5H3. The minimum absolute atomic E-state index is 0.279. The lowest BCUT2D eigenvalue weighted by Gasteiger charge is -2.36. The van der Waals surface area contributed by atoms with Crippen molar-refractivity contribution in [2.24, 2.45) is 5.41 Å². The normalized spacial score (nSPS) is 13.7. The van der Waals surface area contributed by atoms with Crippen LogP contribution in [0, 0.1) is 5.41 Å². The minimum atomic E-state index is 0.279. The second-order valence-electron chi connectivity index (χ2n) is 6.56. The smallest absolute Gasteiger partial charge is 0.0271 e. The molecule has 3 nitrogen and oxygen atoms in total. The zero-order chi connectivity index (χ0) is 15.0. The molecular formula is C17H31N3. The van der Waals surface area contributed by atoms with Crippen molar-refractivity contribution < 1.29 is 0 Å². The van der Waals surface area contributed by atoms with Crippen LogP contribution in [-0.2, 0) is 6.54 Å². The molecular weight excluding hydrogens is 246 g/mol. The molecule has 0 radical (unpaired) electrons. The molecule has 3 heteroatoms. The van der Waals surface area contributed by atoms with E-state index in [9.17, 15) is 0 Å². The largest absolute Gasteiger partial charge is 0.312 e. The first-order chi connectivity index (χ1) is 9.47. The Bertz CT molecular complexity index is 356. The Labute approximate surface area is 124 Å². The first kappa shape index (κ1) is 17.1. The van der Waals surface area contributed by atoms with E-state index < -0.39 is 0 Å². The van der Waals surface area contributed by atoms with Crippen molar-refractivity contribution in [1.82, 2.24) is 15.2 Å². The summed E-state index contributed by atoms with van der Waals surface area (Å²) in [6, 6.07) is 4.73. The van der Waals surface area contributed by atoms with E-state index in [2.05, 4.69) is 62.0 Å². The molecule has 1 aromatic heterocycles. The number of aromatic nitrogens is 1. The van der Waals surface area contributed by atoms with Gasteiger partial charge in [-0.1, -0.05) is 34.6 Å². The number of likely N-dealkylation sites (N-methyl/N-ethyl adjacent to an activating group) is 1. The third kappa shape index (κ3) is 6.02. The summed E-state index contributed by atoms with van der Waals surface area (Å²) in [6.07, 6.45) is 4.93. The molecule has 0 saturated carbocycles. The molecule has 1 heterocycles. The van der Waals surface area contributed by atoms with Gasteiger partial charge in [-0.05, 0) is 42.6 Å². The third-order valence-electron chi connectivity index (χ3n) is 3.73. The molecule has 0 aromatic carbocycles. The van der Waals surface area contributed by atoms with Crippen molar-refractivity contribution in [1.29, 1.82) is 0 Å². The van der Waals surface area contributed by atoms with Gasteiger partial charge < -0.3 is 5.32 Å². The molecule has 1 atom stereocenters. The van der Waals surface area contributed by atoms with E-state index in [0.29, 0.717) is 6.04 Å². The summed E-state index contributed by atoms with van der Waals surface area (Å²) < 4.78 is 0. The summed E-state index contributed by atoms with van der Waals surface area (Å²) in [7, 11) is 0. The molecule has 0 spiro atoms. The van der Waals surface area contributed by atoms with Gasteiger partial charge in [0.2, 0.25) is 0 Å². The fourth-order valence-corrected chi connectivity index (χ4v) is 2.27. The van der Waals surface area contributed by atoms with Crippen LogP contribution in [0.15, 0.2) is 24.5 Å². The predicted octanol–water partition coefficient (Wildman–Crippen LogP) is 3.32. The molecule has 1 rings (SSSR count). The van der Waals surface area contributed by atoms with Crippen molar-refractivity contribution >= 4 is 0 Å². The maximum Gasteiger partial charge on any atom is 0.0271 e. The van der Waals surface area contributed by atoms with Crippen LogP contribution >= 0.6 is 0 Å². The Morgan fingerprint density at radius 3 is 2.35 bits per heavy atom. The quantitative estimate of drug-likeness (QED) is 0.790. The third-order valence-corrected chi connectivity index (χ3v) is 3.73. The van der Waals surface area contributed by atoms with Crippen LogP contribution in [0.3, 0.4) is 0 Å². The number of hydrogen-bond donors (Lipinski definition) is 1. The fourth-order valence-electron chi connectivity index (χ4n) is 2.27. The lowest BCUT2D eigenvalue weighted by molar-refractivity contribution is 0.173. The summed E-state index contributed by atoms with van der Waals surface area (Å²) in [4.78, 5) is 6.60. The van der Waals surface area contributed by atoms with Crippen LogP contribution in [0.5, 0.6) is 0 Å². The van der Waals surface area contributed by atoms with Crippen molar-refractivity contribution in [2.75, 3.05) is 19.6 Å². The molecule has 0 aliphatic carbocycles. The van der Waals surface area contributed by atoms with E-state index >= 15 is 0 Å². The van der Waals surface area contributed by atoms with Gasteiger partial charge in [0.15, 0.2) is 0 Å². The highest BCUT2D eigenvalue weighted by atomic mass is 15.1. The molecule has 0 aliphatic heterocycles. The van der Waals surface area contributed by atoms with Gasteiger partial charge in [0.25, 0.3) is 0 Å². The van der Waals surface area contributed by atoms with E-state index in [4.69, 9.17) is 0 Å². The number of hydrogen-bond acceptors (Lipinski definition) is 3. The summed E-state index contributed by atoms with van der Waals surface area (Å²) in [6.45, 7) is 15.7. The molecule has 1 aromatic rings. The molecule has 0 fully saturated rings. The Hall–Kier alpha value is -0.930. The first-order valence-electron chi connectivity index (χ1n) is 7.82. The molecule has 1 N–H and O–H groups in total. The van der Waals surface area contributed by atoms with Crippen LogP contribution in [0.2, 0.25) is 0 Å². The first-order valence-corrected chi connectivity index (χ1v) is 7.82. The molecule has 0 amide bonds. The van der Waals surface area contributed by atoms with Crippen LogP contribution < -0.4 is 5.32 Å². The van der Waals surface area contributed by atoms with Crippen LogP contribution in [0.25, 0.3) is 0 Å². The zero-order valence-corrected chi connectivity index (χ0v) is 13.8. The Kier molecular flexibility index (Phi) is 7.17. The van der Waals surface area contributed by atoms with E-state index in [0.717, 1.165) is 26.2 Å². The van der Waals surface area contributed by atoms with Gasteiger partial charge in [-0.25, -0.2) is 0 Å². The monoisotopic (exact) mass is 277 g/mol. The maximum atomic E-state index is 4.09. The highest BCUT2D eigenvalue weighted by Gasteiger charge is 2.25. The van der Waals surface area contributed by atoms with E-state index in [1.54, 1.807) is 0 Å². The molecule has 20 heavy (non-hydrogen) atoms. The molecule has 1 unspecified atom stereocenters. The lowest BCUT2D eigenvalue weighted by Crippen LogP contribution is -2.48. The minimum Gasteiger partial charge on any atom is -0.312 e. The second-order valence-corrected chi connectivity index (χ2v) is 6.56. The maximum absolute atomic E-state index is 4.09. The summed E-state index contributed by atoms with van der Waals surface area (Å²) >= 11 is 0. The van der Waals surface area contributed by atoms with Gasteiger partial charge in [-0.15, -0.1) is 0 Å². The van der Waals surface area contributed by atoms with Crippen molar-refractivity contribution in [2.45, 2.75) is 53.6 Å². The molecule has 0 saturated heterocycles. The average Bonchev–Trinajstić information content (AvgIpc) is 2.42. The SMILES string of the molecule is CCCNC(CN(CC)Cc1ccncc1)C(C)(C)C. The molecule has 114 valence electrons. The van der Waals surface area contributed by atoms with E-state index in [1.807, 2.05) is 12.4 Å². The molecule has 0 aliphatic rings. The summed E-state index contributed by atoms with van der Waals surface area (Å²) in [5.41, 5.74) is 1.62. The van der Waals surface area contributed by atoms with Crippen molar-refractivity contribution in [3.63, 3.8) is 0 Å². The van der Waals surface area contributed by atoms with Crippen molar-refractivity contribution in [3.05, 3.63) is 30.1 Å². The molecule has 0 bridgehead atoms. The fraction of sp³-hybridized carbons (Fsp3) is 0.706. The topological polar surface area (TPSA) is 28.2 Å². The Balaban J connectivity index is 2.63.